The van der Waals surface area contributed by atoms with Gasteiger partial charge in [-0.2, -0.15) is 0 Å². The van der Waals surface area contributed by atoms with Crippen LogP contribution in [-0.2, 0) is 19.1 Å². The van der Waals surface area contributed by atoms with Gasteiger partial charge in [-0.15, -0.1) is 0 Å². The lowest BCUT2D eigenvalue weighted by Crippen LogP contribution is -2.14. The summed E-state index contributed by atoms with van der Waals surface area (Å²) in [4.78, 5) is 23.0. The van der Waals surface area contributed by atoms with Crippen LogP contribution in [0.4, 0.5) is 0 Å². The number of carbonyl (C=O) groups excluding carboxylic acids is 2. The SMILES string of the molecule is CCOCCOC(=O)CCC(=O)Oc1cc(C)cc(C)c1. The van der Waals surface area contributed by atoms with Crippen LogP contribution in [0.15, 0.2) is 18.2 Å². The molecule has 0 saturated heterocycles. The van der Waals surface area contributed by atoms with Crippen molar-refractivity contribution in [2.75, 3.05) is 19.8 Å². The van der Waals surface area contributed by atoms with Gasteiger partial charge >= 0.3 is 11.9 Å². The predicted molar refractivity (Wildman–Crippen MR) is 78.2 cm³/mol. The van der Waals surface area contributed by atoms with E-state index in [-0.39, 0.29) is 19.4 Å². The number of aryl methyl sites for hydroxylation is 2. The van der Waals surface area contributed by atoms with Crippen LogP contribution >= 0.6 is 0 Å². The molecule has 5 nitrogen and oxygen atoms in total. The summed E-state index contributed by atoms with van der Waals surface area (Å²) >= 11 is 0. The van der Waals surface area contributed by atoms with E-state index in [1.54, 1.807) is 12.1 Å². The van der Waals surface area contributed by atoms with Gasteiger partial charge in [0, 0.05) is 6.61 Å². The van der Waals surface area contributed by atoms with Crippen LogP contribution < -0.4 is 4.74 Å². The Bertz CT molecular complexity index is 461. The van der Waals surface area contributed by atoms with Gasteiger partial charge < -0.3 is 14.2 Å². The smallest absolute Gasteiger partial charge is 0.311 e. The molecule has 0 N–H and O–H groups in total. The van der Waals surface area contributed by atoms with Crippen molar-refractivity contribution in [2.24, 2.45) is 0 Å². The Morgan fingerprint density at radius 3 is 2.19 bits per heavy atom. The highest BCUT2D eigenvalue weighted by molar-refractivity contribution is 5.79. The van der Waals surface area contributed by atoms with Gasteiger partial charge in [0.15, 0.2) is 0 Å². The fourth-order valence-electron chi connectivity index (χ4n) is 1.81. The summed E-state index contributed by atoms with van der Waals surface area (Å²) in [6.45, 7) is 6.89. The number of esters is 2. The maximum Gasteiger partial charge on any atom is 0.311 e. The van der Waals surface area contributed by atoms with Crippen molar-refractivity contribution in [3.05, 3.63) is 29.3 Å². The number of rotatable bonds is 8. The highest BCUT2D eigenvalue weighted by Crippen LogP contribution is 2.16. The number of carbonyl (C=O) groups is 2. The van der Waals surface area contributed by atoms with Crippen molar-refractivity contribution in [2.45, 2.75) is 33.6 Å². The minimum atomic E-state index is -0.443. The molecule has 0 amide bonds. The molecule has 0 aromatic heterocycles. The maximum atomic E-state index is 11.7. The molecule has 0 radical (unpaired) electrons. The van der Waals surface area contributed by atoms with E-state index in [1.807, 2.05) is 26.8 Å². The molecule has 21 heavy (non-hydrogen) atoms. The molecular formula is C16H22O5. The molecule has 1 aromatic carbocycles. The Labute approximate surface area is 125 Å². The quantitative estimate of drug-likeness (QED) is 0.419. The maximum absolute atomic E-state index is 11.7. The molecule has 0 unspecified atom stereocenters. The first-order valence-electron chi connectivity index (χ1n) is 7.03. The summed E-state index contributed by atoms with van der Waals surface area (Å²) in [6, 6.07) is 5.56. The van der Waals surface area contributed by atoms with E-state index in [0.29, 0.717) is 19.0 Å². The number of benzene rings is 1. The number of hydrogen-bond donors (Lipinski definition) is 0. The highest BCUT2D eigenvalue weighted by Gasteiger charge is 2.10. The fourth-order valence-corrected chi connectivity index (χ4v) is 1.81. The van der Waals surface area contributed by atoms with E-state index in [0.717, 1.165) is 11.1 Å². The second-order valence-electron chi connectivity index (χ2n) is 4.71. The van der Waals surface area contributed by atoms with Gasteiger partial charge in [0.25, 0.3) is 0 Å². The number of hydrogen-bond acceptors (Lipinski definition) is 5. The zero-order chi connectivity index (χ0) is 15.7. The summed E-state index contributed by atoms with van der Waals surface area (Å²) in [6.07, 6.45) is 0.0101. The lowest BCUT2D eigenvalue weighted by molar-refractivity contribution is -0.148. The van der Waals surface area contributed by atoms with Gasteiger partial charge in [0.1, 0.15) is 12.4 Å². The normalized spacial score (nSPS) is 10.2. The van der Waals surface area contributed by atoms with Crippen LogP contribution in [0.1, 0.15) is 30.9 Å². The van der Waals surface area contributed by atoms with Crippen molar-refractivity contribution >= 4 is 11.9 Å². The summed E-state index contributed by atoms with van der Waals surface area (Å²) in [5, 5.41) is 0. The molecular weight excluding hydrogens is 272 g/mol. The summed E-state index contributed by atoms with van der Waals surface area (Å²) < 4.78 is 15.2. The molecule has 0 aliphatic heterocycles. The average molecular weight is 294 g/mol. The molecule has 0 aliphatic rings. The third-order valence-corrected chi connectivity index (χ3v) is 2.65. The van der Waals surface area contributed by atoms with E-state index in [4.69, 9.17) is 14.2 Å². The lowest BCUT2D eigenvalue weighted by Gasteiger charge is -2.07. The van der Waals surface area contributed by atoms with E-state index in [2.05, 4.69) is 0 Å². The Morgan fingerprint density at radius 2 is 1.57 bits per heavy atom. The molecule has 0 aliphatic carbocycles. The Kier molecular flexibility index (Phi) is 7.46. The van der Waals surface area contributed by atoms with Crippen LogP contribution in [0.2, 0.25) is 0 Å². The Hall–Kier alpha value is -1.88. The minimum absolute atomic E-state index is 0.000454. The molecule has 116 valence electrons. The van der Waals surface area contributed by atoms with Gasteiger partial charge in [-0.1, -0.05) is 6.07 Å². The average Bonchev–Trinajstić information content (AvgIpc) is 2.40. The largest absolute Gasteiger partial charge is 0.463 e. The topological polar surface area (TPSA) is 61.8 Å². The van der Waals surface area contributed by atoms with E-state index < -0.39 is 11.9 Å². The lowest BCUT2D eigenvalue weighted by atomic mass is 10.1. The first-order chi connectivity index (χ1) is 10.0. The minimum Gasteiger partial charge on any atom is -0.463 e. The van der Waals surface area contributed by atoms with E-state index in [1.165, 1.54) is 0 Å². The van der Waals surface area contributed by atoms with Crippen molar-refractivity contribution in [3.63, 3.8) is 0 Å². The zero-order valence-corrected chi connectivity index (χ0v) is 12.8. The molecule has 0 saturated carbocycles. The van der Waals surface area contributed by atoms with Crippen molar-refractivity contribution < 1.29 is 23.8 Å². The van der Waals surface area contributed by atoms with Crippen LogP contribution in [0.25, 0.3) is 0 Å². The fraction of sp³-hybridized carbons (Fsp3) is 0.500. The van der Waals surface area contributed by atoms with Crippen LogP contribution in [0.3, 0.4) is 0 Å². The second kappa shape index (κ2) is 9.13. The molecule has 0 heterocycles. The zero-order valence-electron chi connectivity index (χ0n) is 12.8. The van der Waals surface area contributed by atoms with Gasteiger partial charge in [0.05, 0.1) is 19.4 Å². The molecule has 1 rings (SSSR count). The monoisotopic (exact) mass is 294 g/mol. The number of ether oxygens (including phenoxy) is 3. The summed E-state index contributed by atoms with van der Waals surface area (Å²) in [7, 11) is 0. The van der Waals surface area contributed by atoms with Gasteiger partial charge in [-0.05, 0) is 44.0 Å². The van der Waals surface area contributed by atoms with Crippen LogP contribution in [0.5, 0.6) is 5.75 Å². The Balaban J connectivity index is 2.29. The van der Waals surface area contributed by atoms with E-state index in [9.17, 15) is 9.59 Å². The predicted octanol–water partition coefficient (Wildman–Crippen LogP) is 2.57. The summed E-state index contributed by atoms with van der Waals surface area (Å²) in [5.74, 6) is -0.365. The third kappa shape index (κ3) is 7.46. The standard InChI is InChI=1S/C16H22O5/c1-4-19-7-8-20-15(17)5-6-16(18)21-14-10-12(2)9-13(3)11-14/h9-11H,4-8H2,1-3H3. The third-order valence-electron chi connectivity index (χ3n) is 2.65. The first-order valence-corrected chi connectivity index (χ1v) is 7.03. The second-order valence-corrected chi connectivity index (χ2v) is 4.71. The molecule has 1 aromatic rings. The van der Waals surface area contributed by atoms with Crippen LogP contribution in [-0.4, -0.2) is 31.8 Å². The van der Waals surface area contributed by atoms with Crippen molar-refractivity contribution in [3.8, 4) is 5.75 Å². The van der Waals surface area contributed by atoms with Crippen molar-refractivity contribution in [1.29, 1.82) is 0 Å². The van der Waals surface area contributed by atoms with Crippen LogP contribution in [0, 0.1) is 13.8 Å². The molecule has 0 spiro atoms. The van der Waals surface area contributed by atoms with Crippen molar-refractivity contribution in [1.82, 2.24) is 0 Å². The molecule has 0 fully saturated rings. The highest BCUT2D eigenvalue weighted by atomic mass is 16.6. The molecule has 5 heteroatoms. The Morgan fingerprint density at radius 1 is 0.952 bits per heavy atom. The molecule has 0 bridgehead atoms. The first kappa shape index (κ1) is 17.2. The van der Waals surface area contributed by atoms with Gasteiger partial charge in [-0.3, -0.25) is 9.59 Å². The van der Waals surface area contributed by atoms with Gasteiger partial charge in [0.2, 0.25) is 0 Å². The van der Waals surface area contributed by atoms with E-state index >= 15 is 0 Å². The van der Waals surface area contributed by atoms with Gasteiger partial charge in [-0.25, -0.2) is 0 Å². The summed E-state index contributed by atoms with van der Waals surface area (Å²) in [5.41, 5.74) is 2.04. The molecule has 0 atom stereocenters.